The SMILES string of the molecule is Nc1cc[n+](Cc2ccc(Cc3ccc(C[n+]4ccc(N)c5ccccc54)cc3)cc2)c2ccccc12. The van der Waals surface area contributed by atoms with Gasteiger partial charge in [-0.25, -0.2) is 0 Å². The third-order valence-electron chi connectivity index (χ3n) is 7.08. The van der Waals surface area contributed by atoms with Crippen LogP contribution in [-0.4, -0.2) is 0 Å². The molecule has 0 saturated heterocycles. The van der Waals surface area contributed by atoms with Crippen LogP contribution in [0.25, 0.3) is 21.8 Å². The van der Waals surface area contributed by atoms with E-state index in [2.05, 4.69) is 106 Å². The molecule has 4 aromatic carbocycles. The lowest BCUT2D eigenvalue weighted by atomic mass is 10.0. The quantitative estimate of drug-likeness (QED) is 0.312. The molecular weight excluding hydrogens is 452 g/mol. The molecule has 6 aromatic rings. The Balaban J connectivity index is 1.14. The van der Waals surface area contributed by atoms with E-state index < -0.39 is 0 Å². The zero-order valence-electron chi connectivity index (χ0n) is 20.7. The summed E-state index contributed by atoms with van der Waals surface area (Å²) in [5, 5.41) is 2.18. The summed E-state index contributed by atoms with van der Waals surface area (Å²) in [7, 11) is 0. The lowest BCUT2D eigenvalue weighted by Gasteiger charge is -2.07. The van der Waals surface area contributed by atoms with Crippen LogP contribution < -0.4 is 20.6 Å². The Morgan fingerprint density at radius 2 is 0.811 bits per heavy atom. The molecular formula is C33H30N4+2. The Bertz CT molecular complexity index is 1580. The monoisotopic (exact) mass is 482 g/mol. The van der Waals surface area contributed by atoms with Crippen LogP contribution in [0.1, 0.15) is 22.3 Å². The van der Waals surface area contributed by atoms with Crippen LogP contribution in [0.2, 0.25) is 0 Å². The van der Waals surface area contributed by atoms with E-state index in [1.807, 2.05) is 24.3 Å². The predicted molar refractivity (Wildman–Crippen MR) is 151 cm³/mol. The molecule has 180 valence electrons. The van der Waals surface area contributed by atoms with Gasteiger partial charge in [-0.1, -0.05) is 72.8 Å². The summed E-state index contributed by atoms with van der Waals surface area (Å²) in [6.07, 6.45) is 5.05. The molecule has 0 atom stereocenters. The van der Waals surface area contributed by atoms with E-state index in [1.54, 1.807) is 0 Å². The number of hydrogen-bond acceptors (Lipinski definition) is 2. The molecule has 0 aliphatic carbocycles. The number of rotatable bonds is 6. The number of hydrogen-bond donors (Lipinski definition) is 2. The van der Waals surface area contributed by atoms with Crippen LogP contribution in [0.5, 0.6) is 0 Å². The first-order valence-corrected chi connectivity index (χ1v) is 12.6. The van der Waals surface area contributed by atoms with E-state index in [9.17, 15) is 0 Å². The minimum Gasteiger partial charge on any atom is -0.398 e. The van der Waals surface area contributed by atoms with Crippen LogP contribution in [0.15, 0.2) is 122 Å². The van der Waals surface area contributed by atoms with E-state index in [1.165, 1.54) is 22.3 Å². The number of fused-ring (bicyclic) bond motifs is 2. The van der Waals surface area contributed by atoms with Crippen molar-refractivity contribution >= 4 is 33.2 Å². The van der Waals surface area contributed by atoms with E-state index in [4.69, 9.17) is 11.5 Å². The fraction of sp³-hybridized carbons (Fsp3) is 0.0909. The molecule has 0 unspecified atom stereocenters. The van der Waals surface area contributed by atoms with Gasteiger partial charge in [0, 0.05) is 35.4 Å². The van der Waals surface area contributed by atoms with Crippen molar-refractivity contribution in [3.05, 3.63) is 144 Å². The topological polar surface area (TPSA) is 59.8 Å². The highest BCUT2D eigenvalue weighted by atomic mass is 15.0. The Morgan fingerprint density at radius 1 is 0.432 bits per heavy atom. The molecule has 0 aliphatic heterocycles. The van der Waals surface area contributed by atoms with Gasteiger partial charge in [0.1, 0.15) is 0 Å². The van der Waals surface area contributed by atoms with Crippen molar-refractivity contribution in [2.45, 2.75) is 19.5 Å². The zero-order valence-corrected chi connectivity index (χ0v) is 20.7. The van der Waals surface area contributed by atoms with Crippen molar-refractivity contribution in [1.29, 1.82) is 0 Å². The molecule has 0 spiro atoms. The van der Waals surface area contributed by atoms with Gasteiger partial charge in [-0.05, 0) is 29.7 Å². The number of anilines is 2. The van der Waals surface area contributed by atoms with E-state index in [-0.39, 0.29) is 0 Å². The molecule has 0 fully saturated rings. The molecule has 4 N–H and O–H groups in total. The minimum atomic E-state index is 0.813. The summed E-state index contributed by atoms with van der Waals surface area (Å²) >= 11 is 0. The molecule has 0 saturated carbocycles. The van der Waals surface area contributed by atoms with Crippen molar-refractivity contribution in [1.82, 2.24) is 0 Å². The Kier molecular flexibility index (Phi) is 5.99. The largest absolute Gasteiger partial charge is 0.398 e. The highest BCUT2D eigenvalue weighted by Gasteiger charge is 2.13. The maximum Gasteiger partial charge on any atom is 0.214 e. The number of aromatic nitrogens is 2. The van der Waals surface area contributed by atoms with E-state index >= 15 is 0 Å². The van der Waals surface area contributed by atoms with Gasteiger partial charge in [0.25, 0.3) is 0 Å². The maximum atomic E-state index is 6.17. The third kappa shape index (κ3) is 4.74. The van der Waals surface area contributed by atoms with E-state index in [0.29, 0.717) is 0 Å². The number of pyridine rings is 2. The molecule has 0 amide bonds. The Morgan fingerprint density at radius 3 is 1.24 bits per heavy atom. The molecule has 2 heterocycles. The van der Waals surface area contributed by atoms with Crippen LogP contribution >= 0.6 is 0 Å². The number of para-hydroxylation sites is 2. The van der Waals surface area contributed by atoms with Crippen LogP contribution in [0, 0.1) is 0 Å². The summed E-state index contributed by atoms with van der Waals surface area (Å²) in [4.78, 5) is 0. The summed E-state index contributed by atoms with van der Waals surface area (Å²) in [6, 6.07) is 38.4. The van der Waals surface area contributed by atoms with Gasteiger partial charge in [0.05, 0.1) is 22.1 Å². The number of nitrogens with zero attached hydrogens (tertiary/aromatic N) is 2. The highest BCUT2D eigenvalue weighted by molar-refractivity contribution is 5.88. The van der Waals surface area contributed by atoms with Crippen molar-refractivity contribution in [3.8, 4) is 0 Å². The summed E-state index contributed by atoms with van der Waals surface area (Å²) in [6.45, 7) is 1.63. The number of benzene rings is 4. The van der Waals surface area contributed by atoms with Gasteiger partial charge in [-0.2, -0.15) is 9.13 Å². The first-order valence-electron chi connectivity index (χ1n) is 12.6. The van der Waals surface area contributed by atoms with Gasteiger partial charge in [0.2, 0.25) is 11.0 Å². The lowest BCUT2D eigenvalue weighted by molar-refractivity contribution is -0.662. The first kappa shape index (κ1) is 22.7. The second-order valence-electron chi connectivity index (χ2n) is 9.64. The molecule has 4 nitrogen and oxygen atoms in total. The molecule has 6 rings (SSSR count). The molecule has 4 heteroatoms. The second-order valence-corrected chi connectivity index (χ2v) is 9.64. The van der Waals surface area contributed by atoms with Gasteiger partial charge in [-0.15, -0.1) is 0 Å². The van der Waals surface area contributed by atoms with E-state index in [0.717, 1.165) is 52.7 Å². The zero-order chi connectivity index (χ0) is 25.2. The maximum absolute atomic E-state index is 6.17. The van der Waals surface area contributed by atoms with Crippen LogP contribution in [0.4, 0.5) is 11.4 Å². The van der Waals surface area contributed by atoms with Crippen molar-refractivity contribution in [3.63, 3.8) is 0 Å². The standard InChI is InChI=1S/C33H28N4/c34-30-17-19-36(32-7-3-1-5-28(30)32)22-26-13-9-24(10-14-26)21-25-11-15-27(16-12-25)23-37-20-18-31(35)29-6-2-4-8-33(29)37/h1-20,34-35H,21-23H2/p+2. The molecule has 0 radical (unpaired) electrons. The normalized spacial score (nSPS) is 11.2. The van der Waals surface area contributed by atoms with Gasteiger partial charge in [-0.3, -0.25) is 0 Å². The fourth-order valence-corrected chi connectivity index (χ4v) is 5.05. The van der Waals surface area contributed by atoms with Crippen molar-refractivity contribution < 1.29 is 9.13 Å². The molecule has 2 aromatic heterocycles. The van der Waals surface area contributed by atoms with Gasteiger partial charge < -0.3 is 11.5 Å². The van der Waals surface area contributed by atoms with Crippen LogP contribution in [-0.2, 0) is 19.5 Å². The Hall–Kier alpha value is -4.70. The third-order valence-corrected chi connectivity index (χ3v) is 7.08. The predicted octanol–water partition coefficient (Wildman–Crippen LogP) is 5.42. The Labute approximate surface area is 217 Å². The molecule has 0 bridgehead atoms. The number of nitrogen functional groups attached to an aromatic ring is 2. The first-order chi connectivity index (χ1) is 18.1. The molecule has 37 heavy (non-hydrogen) atoms. The average Bonchev–Trinajstić information content (AvgIpc) is 2.94. The lowest BCUT2D eigenvalue weighted by Crippen LogP contribution is -2.34. The smallest absolute Gasteiger partial charge is 0.214 e. The van der Waals surface area contributed by atoms with Crippen molar-refractivity contribution in [2.75, 3.05) is 11.5 Å². The highest BCUT2D eigenvalue weighted by Crippen LogP contribution is 2.19. The summed E-state index contributed by atoms with van der Waals surface area (Å²) < 4.78 is 4.50. The van der Waals surface area contributed by atoms with Gasteiger partial charge in [0.15, 0.2) is 25.5 Å². The average molecular weight is 483 g/mol. The van der Waals surface area contributed by atoms with Gasteiger partial charge >= 0.3 is 0 Å². The van der Waals surface area contributed by atoms with Crippen LogP contribution in [0.3, 0.4) is 0 Å². The summed E-state index contributed by atoms with van der Waals surface area (Å²) in [5.41, 5.74) is 21.4. The minimum absolute atomic E-state index is 0.813. The molecule has 0 aliphatic rings. The second kappa shape index (κ2) is 9.75. The number of nitrogens with two attached hydrogens (primary N) is 2. The fourth-order valence-electron chi connectivity index (χ4n) is 5.05. The van der Waals surface area contributed by atoms with Crippen molar-refractivity contribution in [2.24, 2.45) is 0 Å². The summed E-state index contributed by atoms with van der Waals surface area (Å²) in [5.74, 6) is 0.